The van der Waals surface area contributed by atoms with Crippen LogP contribution < -0.4 is 5.32 Å². The van der Waals surface area contributed by atoms with Crippen LogP contribution in [0.5, 0.6) is 0 Å². The van der Waals surface area contributed by atoms with E-state index in [1.807, 2.05) is 17.7 Å². The van der Waals surface area contributed by atoms with Crippen LogP contribution in [0.4, 0.5) is 5.95 Å². The molecule has 0 saturated heterocycles. The van der Waals surface area contributed by atoms with E-state index in [0.717, 1.165) is 17.0 Å². The van der Waals surface area contributed by atoms with Crippen LogP contribution >= 0.6 is 0 Å². The van der Waals surface area contributed by atoms with Crippen LogP contribution in [0.1, 0.15) is 13.8 Å². The van der Waals surface area contributed by atoms with Crippen LogP contribution in [0.15, 0.2) is 18.5 Å². The van der Waals surface area contributed by atoms with E-state index in [1.54, 1.807) is 12.4 Å². The Kier molecular flexibility index (Phi) is 2.11. The lowest BCUT2D eigenvalue weighted by Gasteiger charge is -2.08. The van der Waals surface area contributed by atoms with Gasteiger partial charge in [0.05, 0.1) is 11.7 Å². The quantitative estimate of drug-likeness (QED) is 0.785. The van der Waals surface area contributed by atoms with Crippen molar-refractivity contribution in [3.05, 3.63) is 18.5 Å². The van der Waals surface area contributed by atoms with Crippen molar-refractivity contribution in [2.45, 2.75) is 19.9 Å². The molecular weight excluding hydrogens is 176 g/mol. The maximum absolute atomic E-state index is 4.44. The number of imidazole rings is 1. The van der Waals surface area contributed by atoms with Crippen LogP contribution in [0.2, 0.25) is 0 Å². The largest absolute Gasteiger partial charge is 0.353 e. The number of hydrogen-bond donors (Lipinski definition) is 1. The molecule has 0 aliphatic heterocycles. The number of aryl methyl sites for hydroxylation is 1. The minimum absolute atomic E-state index is 0.387. The summed E-state index contributed by atoms with van der Waals surface area (Å²) >= 11 is 0. The molecule has 0 atom stereocenters. The van der Waals surface area contributed by atoms with Gasteiger partial charge in [-0.15, -0.1) is 0 Å². The third-order valence-corrected chi connectivity index (χ3v) is 2.10. The van der Waals surface area contributed by atoms with Crippen molar-refractivity contribution >= 4 is 17.0 Å². The maximum atomic E-state index is 4.44. The van der Waals surface area contributed by atoms with E-state index >= 15 is 0 Å². The summed E-state index contributed by atoms with van der Waals surface area (Å²) in [5.41, 5.74) is 2.03. The summed E-state index contributed by atoms with van der Waals surface area (Å²) < 4.78 is 2.04. The van der Waals surface area contributed by atoms with Crippen LogP contribution in [-0.2, 0) is 7.05 Å². The second kappa shape index (κ2) is 3.29. The highest BCUT2D eigenvalue weighted by molar-refractivity contribution is 5.77. The number of nitrogens with zero attached hydrogens (tertiary/aromatic N) is 3. The first-order chi connectivity index (χ1) is 6.68. The standard InChI is InChI=1S/C10H14N4/c1-7(2)12-10-13-8-6-11-5-4-9(8)14(10)3/h4-7H,1-3H3,(H,12,13). The number of hydrogen-bond acceptors (Lipinski definition) is 3. The summed E-state index contributed by atoms with van der Waals surface area (Å²) in [6.45, 7) is 4.19. The molecule has 0 amide bonds. The zero-order valence-corrected chi connectivity index (χ0v) is 8.65. The highest BCUT2D eigenvalue weighted by Gasteiger charge is 2.07. The first kappa shape index (κ1) is 8.99. The molecule has 0 spiro atoms. The van der Waals surface area contributed by atoms with E-state index in [0.29, 0.717) is 6.04 Å². The highest BCUT2D eigenvalue weighted by Crippen LogP contribution is 2.16. The van der Waals surface area contributed by atoms with Crippen molar-refractivity contribution in [3.8, 4) is 0 Å². The van der Waals surface area contributed by atoms with Gasteiger partial charge in [-0.3, -0.25) is 4.98 Å². The van der Waals surface area contributed by atoms with Crippen molar-refractivity contribution in [1.29, 1.82) is 0 Å². The average Bonchev–Trinajstić information content (AvgIpc) is 2.44. The summed E-state index contributed by atoms with van der Waals surface area (Å²) in [5, 5.41) is 3.29. The van der Waals surface area contributed by atoms with Gasteiger partial charge in [-0.1, -0.05) is 0 Å². The number of nitrogens with one attached hydrogen (secondary N) is 1. The Morgan fingerprint density at radius 2 is 2.21 bits per heavy atom. The molecule has 0 aliphatic rings. The number of rotatable bonds is 2. The highest BCUT2D eigenvalue weighted by atomic mass is 15.2. The SMILES string of the molecule is CC(C)Nc1nc2cnccc2n1C. The van der Waals surface area contributed by atoms with Crippen LogP contribution in [0.25, 0.3) is 11.0 Å². The molecular formula is C10H14N4. The molecule has 14 heavy (non-hydrogen) atoms. The molecule has 0 fully saturated rings. The lowest BCUT2D eigenvalue weighted by atomic mass is 10.4. The zero-order valence-electron chi connectivity index (χ0n) is 8.65. The van der Waals surface area contributed by atoms with Gasteiger partial charge in [-0.25, -0.2) is 4.98 Å². The van der Waals surface area contributed by atoms with Gasteiger partial charge >= 0.3 is 0 Å². The molecule has 2 rings (SSSR count). The molecule has 2 aromatic heterocycles. The first-order valence-electron chi connectivity index (χ1n) is 4.71. The molecule has 4 nitrogen and oxygen atoms in total. The second-order valence-corrected chi connectivity index (χ2v) is 3.66. The van der Waals surface area contributed by atoms with Gasteiger partial charge in [0.15, 0.2) is 0 Å². The molecule has 2 heterocycles. The molecule has 0 radical (unpaired) electrons. The molecule has 0 aliphatic carbocycles. The monoisotopic (exact) mass is 190 g/mol. The van der Waals surface area contributed by atoms with Gasteiger partial charge in [0.2, 0.25) is 5.95 Å². The Morgan fingerprint density at radius 1 is 1.43 bits per heavy atom. The van der Waals surface area contributed by atoms with Gasteiger partial charge in [0, 0.05) is 19.3 Å². The van der Waals surface area contributed by atoms with E-state index in [4.69, 9.17) is 0 Å². The van der Waals surface area contributed by atoms with Gasteiger partial charge in [0.25, 0.3) is 0 Å². The Labute approximate surface area is 83.0 Å². The van der Waals surface area contributed by atoms with Crippen molar-refractivity contribution in [2.24, 2.45) is 7.05 Å². The topological polar surface area (TPSA) is 42.7 Å². The Hall–Kier alpha value is -1.58. The third-order valence-electron chi connectivity index (χ3n) is 2.10. The first-order valence-corrected chi connectivity index (χ1v) is 4.71. The predicted octanol–water partition coefficient (Wildman–Crippen LogP) is 1.79. The number of fused-ring (bicyclic) bond motifs is 1. The summed E-state index contributed by atoms with van der Waals surface area (Å²) in [5.74, 6) is 0.892. The summed E-state index contributed by atoms with van der Waals surface area (Å²) in [6.07, 6.45) is 3.56. The molecule has 2 aromatic rings. The van der Waals surface area contributed by atoms with E-state index in [2.05, 4.69) is 29.1 Å². The van der Waals surface area contributed by atoms with Crippen LogP contribution in [-0.4, -0.2) is 20.6 Å². The molecule has 0 unspecified atom stereocenters. The second-order valence-electron chi connectivity index (χ2n) is 3.66. The van der Waals surface area contributed by atoms with E-state index in [9.17, 15) is 0 Å². The normalized spacial score (nSPS) is 11.1. The molecule has 1 N–H and O–H groups in total. The summed E-state index contributed by atoms with van der Waals surface area (Å²) in [7, 11) is 2.00. The zero-order chi connectivity index (χ0) is 10.1. The van der Waals surface area contributed by atoms with Crippen molar-refractivity contribution in [3.63, 3.8) is 0 Å². The molecule has 0 saturated carbocycles. The minimum Gasteiger partial charge on any atom is -0.353 e. The molecule has 0 bridgehead atoms. The fraction of sp³-hybridized carbons (Fsp3) is 0.400. The molecule has 0 aromatic carbocycles. The summed E-state index contributed by atoms with van der Waals surface area (Å²) in [4.78, 5) is 8.48. The Bertz CT molecular complexity index is 444. The third kappa shape index (κ3) is 1.43. The van der Waals surface area contributed by atoms with Crippen molar-refractivity contribution in [1.82, 2.24) is 14.5 Å². The average molecular weight is 190 g/mol. The van der Waals surface area contributed by atoms with E-state index in [1.165, 1.54) is 0 Å². The number of aromatic nitrogens is 3. The fourth-order valence-electron chi connectivity index (χ4n) is 1.44. The lowest BCUT2D eigenvalue weighted by Crippen LogP contribution is -2.13. The number of anilines is 1. The lowest BCUT2D eigenvalue weighted by molar-refractivity contribution is 0.843. The van der Waals surface area contributed by atoms with Gasteiger partial charge in [-0.05, 0) is 19.9 Å². The molecule has 74 valence electrons. The van der Waals surface area contributed by atoms with Gasteiger partial charge in [0.1, 0.15) is 5.52 Å². The molecule has 4 heteroatoms. The van der Waals surface area contributed by atoms with Crippen molar-refractivity contribution in [2.75, 3.05) is 5.32 Å². The fourth-order valence-corrected chi connectivity index (χ4v) is 1.44. The summed E-state index contributed by atoms with van der Waals surface area (Å²) in [6, 6.07) is 2.35. The van der Waals surface area contributed by atoms with Gasteiger partial charge in [-0.2, -0.15) is 0 Å². The number of pyridine rings is 1. The predicted molar refractivity (Wildman–Crippen MR) is 57.3 cm³/mol. The maximum Gasteiger partial charge on any atom is 0.203 e. The van der Waals surface area contributed by atoms with Crippen LogP contribution in [0, 0.1) is 0 Å². The van der Waals surface area contributed by atoms with E-state index < -0.39 is 0 Å². The Balaban J connectivity index is 2.51. The smallest absolute Gasteiger partial charge is 0.203 e. The Morgan fingerprint density at radius 3 is 2.86 bits per heavy atom. The van der Waals surface area contributed by atoms with E-state index in [-0.39, 0.29) is 0 Å². The minimum atomic E-state index is 0.387. The van der Waals surface area contributed by atoms with Crippen LogP contribution in [0.3, 0.4) is 0 Å². The van der Waals surface area contributed by atoms with Gasteiger partial charge < -0.3 is 9.88 Å². The van der Waals surface area contributed by atoms with Crippen molar-refractivity contribution < 1.29 is 0 Å².